The maximum Gasteiger partial charge on any atom is 0.194 e. The summed E-state index contributed by atoms with van der Waals surface area (Å²) in [6, 6.07) is 0. The fourth-order valence-electron chi connectivity index (χ4n) is 0.260. The van der Waals surface area contributed by atoms with Crippen molar-refractivity contribution < 1.29 is 0 Å². The molecule has 0 heterocycles. The zero-order valence-corrected chi connectivity index (χ0v) is 9.02. The van der Waals surface area contributed by atoms with Gasteiger partial charge >= 0.3 is 0 Å². The standard InChI is InChI=1S/C5H8BrCl3/c1-3(4(2)6)5(7,8)9/h3-4H,1-2H3/t3-,4+/m0/s1. The third-order valence-electron chi connectivity index (χ3n) is 1.21. The Bertz CT molecular complexity index is 86.7. The van der Waals surface area contributed by atoms with Gasteiger partial charge < -0.3 is 0 Å². The summed E-state index contributed by atoms with van der Waals surface area (Å²) < 4.78 is -1.15. The van der Waals surface area contributed by atoms with Gasteiger partial charge in [-0.25, -0.2) is 0 Å². The monoisotopic (exact) mass is 252 g/mol. The first kappa shape index (κ1) is 10.3. The zero-order chi connectivity index (χ0) is 7.65. The Morgan fingerprint density at radius 2 is 1.56 bits per heavy atom. The number of alkyl halides is 4. The fraction of sp³-hybridized carbons (Fsp3) is 1.00. The second kappa shape index (κ2) is 3.66. The van der Waals surface area contributed by atoms with Crippen LogP contribution in [0.3, 0.4) is 0 Å². The molecule has 0 aliphatic heterocycles. The van der Waals surface area contributed by atoms with Gasteiger partial charge in [-0.3, -0.25) is 0 Å². The van der Waals surface area contributed by atoms with Crippen LogP contribution in [0, 0.1) is 5.92 Å². The zero-order valence-electron chi connectivity index (χ0n) is 5.17. The summed E-state index contributed by atoms with van der Waals surface area (Å²) >= 11 is 20.1. The van der Waals surface area contributed by atoms with Crippen molar-refractivity contribution in [3.8, 4) is 0 Å². The molecule has 0 unspecified atom stereocenters. The first-order valence-corrected chi connectivity index (χ1v) is 4.61. The molecule has 0 radical (unpaired) electrons. The lowest BCUT2D eigenvalue weighted by Gasteiger charge is -2.21. The molecule has 0 saturated heterocycles. The van der Waals surface area contributed by atoms with E-state index in [2.05, 4.69) is 15.9 Å². The summed E-state index contributed by atoms with van der Waals surface area (Å²) in [5, 5.41) is 0. The summed E-state index contributed by atoms with van der Waals surface area (Å²) in [6.45, 7) is 3.83. The molecule has 0 aliphatic rings. The molecule has 2 atom stereocenters. The van der Waals surface area contributed by atoms with Gasteiger partial charge in [0.05, 0.1) is 0 Å². The van der Waals surface area contributed by atoms with Crippen molar-refractivity contribution in [2.75, 3.05) is 0 Å². The van der Waals surface area contributed by atoms with Crippen molar-refractivity contribution in [3.05, 3.63) is 0 Å². The summed E-state index contributed by atoms with van der Waals surface area (Å²) in [5.74, 6) is 0.0301. The molecule has 0 aromatic carbocycles. The SMILES string of the molecule is C[C@@H](Br)[C@H](C)C(Cl)(Cl)Cl. The molecule has 9 heavy (non-hydrogen) atoms. The topological polar surface area (TPSA) is 0 Å². The van der Waals surface area contributed by atoms with Crippen molar-refractivity contribution in [2.24, 2.45) is 5.92 Å². The van der Waals surface area contributed by atoms with Crippen LogP contribution in [0.25, 0.3) is 0 Å². The molecule has 0 aromatic rings. The molecule has 0 rings (SSSR count). The van der Waals surface area contributed by atoms with E-state index in [1.165, 1.54) is 0 Å². The first-order valence-electron chi connectivity index (χ1n) is 2.56. The number of rotatable bonds is 1. The minimum absolute atomic E-state index is 0.0301. The molecule has 0 nitrogen and oxygen atoms in total. The molecule has 0 bridgehead atoms. The van der Waals surface area contributed by atoms with E-state index in [0.29, 0.717) is 0 Å². The molecular formula is C5H8BrCl3. The van der Waals surface area contributed by atoms with Crippen molar-refractivity contribution in [1.29, 1.82) is 0 Å². The Morgan fingerprint density at radius 1 is 1.22 bits per heavy atom. The lowest BCUT2D eigenvalue weighted by atomic mass is 10.1. The van der Waals surface area contributed by atoms with Gasteiger partial charge in [-0.05, 0) is 0 Å². The van der Waals surface area contributed by atoms with Crippen LogP contribution in [-0.2, 0) is 0 Å². The lowest BCUT2D eigenvalue weighted by molar-refractivity contribution is 0.598. The van der Waals surface area contributed by atoms with Gasteiger partial charge in [0, 0.05) is 10.7 Å². The smallest absolute Gasteiger partial charge is 0.0889 e. The Kier molecular flexibility index (Phi) is 4.21. The highest BCUT2D eigenvalue weighted by atomic mass is 79.9. The van der Waals surface area contributed by atoms with Crippen LogP contribution >= 0.6 is 50.7 Å². The van der Waals surface area contributed by atoms with Gasteiger partial charge in [0.15, 0.2) is 3.79 Å². The molecule has 0 fully saturated rings. The molecule has 0 N–H and O–H groups in total. The van der Waals surface area contributed by atoms with Crippen molar-refractivity contribution in [1.82, 2.24) is 0 Å². The van der Waals surface area contributed by atoms with Crippen LogP contribution in [0.2, 0.25) is 0 Å². The minimum atomic E-state index is -1.15. The summed E-state index contributed by atoms with van der Waals surface area (Å²) in [5.41, 5.74) is 0. The summed E-state index contributed by atoms with van der Waals surface area (Å²) in [4.78, 5) is 0.227. The van der Waals surface area contributed by atoms with E-state index in [4.69, 9.17) is 34.8 Å². The number of hydrogen-bond donors (Lipinski definition) is 0. The maximum absolute atomic E-state index is 5.58. The molecule has 56 valence electrons. The second-order valence-corrected chi connectivity index (χ2v) is 5.82. The van der Waals surface area contributed by atoms with E-state index >= 15 is 0 Å². The van der Waals surface area contributed by atoms with Gasteiger partial charge in [-0.15, -0.1) is 0 Å². The predicted molar refractivity (Wildman–Crippen MR) is 47.8 cm³/mol. The van der Waals surface area contributed by atoms with E-state index in [1.54, 1.807) is 0 Å². The minimum Gasteiger partial charge on any atom is -0.0889 e. The third kappa shape index (κ3) is 3.92. The van der Waals surface area contributed by atoms with Crippen molar-refractivity contribution in [3.63, 3.8) is 0 Å². The molecular weight excluding hydrogens is 246 g/mol. The Balaban J connectivity index is 3.88. The van der Waals surface area contributed by atoms with Crippen molar-refractivity contribution in [2.45, 2.75) is 22.5 Å². The predicted octanol–water partition coefficient (Wildman–Crippen LogP) is 3.78. The molecule has 0 amide bonds. The van der Waals surface area contributed by atoms with Crippen molar-refractivity contribution >= 4 is 50.7 Å². The van der Waals surface area contributed by atoms with Crippen LogP contribution in [0.4, 0.5) is 0 Å². The Morgan fingerprint density at radius 3 is 1.56 bits per heavy atom. The summed E-state index contributed by atoms with van der Waals surface area (Å²) in [7, 11) is 0. The second-order valence-electron chi connectivity index (χ2n) is 2.01. The highest BCUT2D eigenvalue weighted by molar-refractivity contribution is 9.09. The van der Waals surface area contributed by atoms with E-state index in [0.717, 1.165) is 0 Å². The van der Waals surface area contributed by atoms with E-state index in [-0.39, 0.29) is 10.7 Å². The van der Waals surface area contributed by atoms with Crippen LogP contribution < -0.4 is 0 Å². The molecule has 0 saturated carbocycles. The van der Waals surface area contributed by atoms with Crippen LogP contribution in [-0.4, -0.2) is 8.62 Å². The fourth-order valence-corrected chi connectivity index (χ4v) is 1.68. The normalized spacial score (nSPS) is 19.3. The van der Waals surface area contributed by atoms with Gasteiger partial charge in [0.1, 0.15) is 0 Å². The summed E-state index contributed by atoms with van der Waals surface area (Å²) in [6.07, 6.45) is 0. The van der Waals surface area contributed by atoms with Crippen LogP contribution in [0.1, 0.15) is 13.8 Å². The highest BCUT2D eigenvalue weighted by Gasteiger charge is 2.31. The molecule has 0 aromatic heterocycles. The third-order valence-corrected chi connectivity index (χ3v) is 3.03. The van der Waals surface area contributed by atoms with E-state index in [1.807, 2.05) is 13.8 Å². The largest absolute Gasteiger partial charge is 0.194 e. The molecule has 4 heteroatoms. The quantitative estimate of drug-likeness (QED) is 0.625. The number of halogens is 4. The molecule has 0 spiro atoms. The Hall–Kier alpha value is 1.35. The molecule has 0 aliphatic carbocycles. The van der Waals surface area contributed by atoms with Gasteiger partial charge in [0.25, 0.3) is 0 Å². The van der Waals surface area contributed by atoms with Crippen LogP contribution in [0.5, 0.6) is 0 Å². The van der Waals surface area contributed by atoms with E-state index in [9.17, 15) is 0 Å². The average Bonchev–Trinajstić information content (AvgIpc) is 1.62. The van der Waals surface area contributed by atoms with E-state index < -0.39 is 3.79 Å². The lowest BCUT2D eigenvalue weighted by Crippen LogP contribution is -2.22. The first-order chi connectivity index (χ1) is 3.85. The average molecular weight is 254 g/mol. The number of hydrogen-bond acceptors (Lipinski definition) is 0. The van der Waals surface area contributed by atoms with Gasteiger partial charge in [-0.1, -0.05) is 64.6 Å². The Labute approximate surface area is 79.0 Å². The van der Waals surface area contributed by atoms with Gasteiger partial charge in [0.2, 0.25) is 0 Å². The van der Waals surface area contributed by atoms with Crippen LogP contribution in [0.15, 0.2) is 0 Å². The van der Waals surface area contributed by atoms with Gasteiger partial charge in [-0.2, -0.15) is 0 Å². The highest BCUT2D eigenvalue weighted by Crippen LogP contribution is 2.38. The maximum atomic E-state index is 5.58.